The molecule has 4 aromatic rings. The minimum absolute atomic E-state index is 0.0370. The SMILES string of the molecule is CCCCCn1c(=O)n(CCCc2nc(Cc3ccc(C(F)(F)F)cc3)no2)c(=O)c2[nH]c(Cl)nc21. The van der Waals surface area contributed by atoms with Crippen molar-refractivity contribution in [3.63, 3.8) is 0 Å². The average molecular weight is 525 g/mol. The van der Waals surface area contributed by atoms with Crippen LogP contribution < -0.4 is 11.2 Å². The molecule has 0 saturated carbocycles. The monoisotopic (exact) mass is 524 g/mol. The van der Waals surface area contributed by atoms with Gasteiger partial charge in [-0.25, -0.2) is 4.79 Å². The Balaban J connectivity index is 1.44. The number of aryl methyl sites for hydroxylation is 2. The summed E-state index contributed by atoms with van der Waals surface area (Å²) in [6.07, 6.45) is -0.838. The lowest BCUT2D eigenvalue weighted by atomic mass is 10.1. The van der Waals surface area contributed by atoms with Crippen molar-refractivity contribution in [3.05, 3.63) is 73.2 Å². The predicted octanol–water partition coefficient (Wildman–Crippen LogP) is 4.36. The second kappa shape index (κ2) is 10.7. The number of H-pyrrole nitrogens is 1. The van der Waals surface area contributed by atoms with Gasteiger partial charge in [-0.3, -0.25) is 13.9 Å². The first-order valence-corrected chi connectivity index (χ1v) is 11.9. The van der Waals surface area contributed by atoms with Crippen molar-refractivity contribution in [2.24, 2.45) is 0 Å². The van der Waals surface area contributed by atoms with Crippen molar-refractivity contribution in [1.29, 1.82) is 0 Å². The Morgan fingerprint density at radius 3 is 2.44 bits per heavy atom. The van der Waals surface area contributed by atoms with Crippen molar-refractivity contribution in [2.75, 3.05) is 0 Å². The molecule has 0 radical (unpaired) electrons. The van der Waals surface area contributed by atoms with Crippen molar-refractivity contribution >= 4 is 22.8 Å². The number of hydrogen-bond acceptors (Lipinski definition) is 6. The van der Waals surface area contributed by atoms with E-state index in [0.717, 1.165) is 36.0 Å². The molecule has 0 unspecified atom stereocenters. The van der Waals surface area contributed by atoms with Gasteiger partial charge in [0.1, 0.15) is 0 Å². The molecule has 0 aliphatic heterocycles. The number of imidazole rings is 1. The summed E-state index contributed by atoms with van der Waals surface area (Å²) < 4.78 is 46.0. The van der Waals surface area contributed by atoms with E-state index in [1.807, 2.05) is 0 Å². The van der Waals surface area contributed by atoms with Crippen LogP contribution in [0.2, 0.25) is 5.28 Å². The molecule has 0 saturated heterocycles. The van der Waals surface area contributed by atoms with E-state index in [1.165, 1.54) is 16.7 Å². The van der Waals surface area contributed by atoms with Gasteiger partial charge in [-0.2, -0.15) is 23.1 Å². The van der Waals surface area contributed by atoms with E-state index in [9.17, 15) is 22.8 Å². The van der Waals surface area contributed by atoms with Crippen molar-refractivity contribution in [1.82, 2.24) is 29.2 Å². The first kappa shape index (κ1) is 25.7. The molecule has 0 atom stereocenters. The molecule has 0 aliphatic rings. The van der Waals surface area contributed by atoms with Gasteiger partial charge in [-0.1, -0.05) is 37.1 Å². The minimum atomic E-state index is -4.40. The van der Waals surface area contributed by atoms with Gasteiger partial charge in [0.05, 0.1) is 5.56 Å². The number of unbranched alkanes of at least 4 members (excludes halogenated alkanes) is 2. The van der Waals surface area contributed by atoms with Crippen molar-refractivity contribution in [3.8, 4) is 0 Å². The topological polar surface area (TPSA) is 112 Å². The number of halogens is 4. The molecule has 3 heterocycles. The summed E-state index contributed by atoms with van der Waals surface area (Å²) in [5.41, 5.74) is -0.665. The second-order valence-corrected chi connectivity index (χ2v) is 8.76. The molecule has 0 aliphatic carbocycles. The van der Waals surface area contributed by atoms with Gasteiger partial charge in [0.2, 0.25) is 11.2 Å². The molecule has 13 heteroatoms. The smallest absolute Gasteiger partial charge is 0.339 e. The van der Waals surface area contributed by atoms with E-state index in [0.29, 0.717) is 36.7 Å². The third-order valence-electron chi connectivity index (χ3n) is 5.74. The van der Waals surface area contributed by atoms with Gasteiger partial charge in [0.15, 0.2) is 17.0 Å². The van der Waals surface area contributed by atoms with E-state index >= 15 is 0 Å². The van der Waals surface area contributed by atoms with Crippen LogP contribution in [0.1, 0.15) is 55.4 Å². The summed E-state index contributed by atoms with van der Waals surface area (Å²) in [7, 11) is 0. The van der Waals surface area contributed by atoms with Gasteiger partial charge < -0.3 is 9.51 Å². The van der Waals surface area contributed by atoms with Crippen LogP contribution in [0.25, 0.3) is 11.2 Å². The molecule has 0 amide bonds. The average Bonchev–Trinajstić information content (AvgIpc) is 3.44. The number of fused-ring (bicyclic) bond motifs is 1. The zero-order chi connectivity index (χ0) is 25.9. The number of nitrogens with one attached hydrogen (secondary N) is 1. The minimum Gasteiger partial charge on any atom is -0.339 e. The summed E-state index contributed by atoms with van der Waals surface area (Å²) in [4.78, 5) is 37.0. The Kier molecular flexibility index (Phi) is 7.62. The van der Waals surface area contributed by atoms with Crippen LogP contribution in [0.5, 0.6) is 0 Å². The Morgan fingerprint density at radius 1 is 1.03 bits per heavy atom. The van der Waals surface area contributed by atoms with Crippen LogP contribution >= 0.6 is 11.6 Å². The van der Waals surface area contributed by atoms with Gasteiger partial charge in [-0.05, 0) is 42.1 Å². The molecule has 0 fully saturated rings. The van der Waals surface area contributed by atoms with Crippen LogP contribution in [0.4, 0.5) is 13.2 Å². The van der Waals surface area contributed by atoms with Crippen LogP contribution in [0.3, 0.4) is 0 Å². The predicted molar refractivity (Wildman–Crippen MR) is 126 cm³/mol. The molecular weight excluding hydrogens is 501 g/mol. The Hall–Kier alpha value is -3.41. The first-order valence-electron chi connectivity index (χ1n) is 11.5. The van der Waals surface area contributed by atoms with Crippen molar-refractivity contribution in [2.45, 2.75) is 64.7 Å². The fourth-order valence-electron chi connectivity index (χ4n) is 3.90. The number of aromatic nitrogens is 6. The Bertz CT molecular complexity index is 1450. The number of hydrogen-bond donors (Lipinski definition) is 1. The van der Waals surface area contributed by atoms with Crippen molar-refractivity contribution < 1.29 is 17.7 Å². The third-order valence-corrected chi connectivity index (χ3v) is 5.92. The first-order chi connectivity index (χ1) is 17.2. The molecule has 1 aromatic carbocycles. The molecule has 0 spiro atoms. The Labute approximate surface area is 207 Å². The lowest BCUT2D eigenvalue weighted by molar-refractivity contribution is -0.137. The fraction of sp³-hybridized carbons (Fsp3) is 0.435. The normalized spacial score (nSPS) is 12.0. The standard InChI is InChI=1S/C23H24ClF3N6O3/c1-2-3-4-11-32-19-18(29-21(24)30-19)20(34)33(22(32)35)12-5-6-17-28-16(31-36-17)13-14-7-9-15(10-8-14)23(25,26)27/h7-10H,2-6,11-13H2,1H3,(H,29,30). The highest BCUT2D eigenvalue weighted by molar-refractivity contribution is 6.28. The van der Waals surface area contributed by atoms with E-state index in [1.54, 1.807) is 0 Å². The van der Waals surface area contributed by atoms with Gasteiger partial charge >= 0.3 is 11.9 Å². The van der Waals surface area contributed by atoms with Crippen LogP contribution in [0, 0.1) is 0 Å². The zero-order valence-corrected chi connectivity index (χ0v) is 20.2. The summed E-state index contributed by atoms with van der Waals surface area (Å²) in [6, 6.07) is 4.75. The lowest BCUT2D eigenvalue weighted by Gasteiger charge is -2.10. The van der Waals surface area contributed by atoms with E-state index < -0.39 is 23.0 Å². The highest BCUT2D eigenvalue weighted by Gasteiger charge is 2.30. The van der Waals surface area contributed by atoms with Crippen LogP contribution in [0.15, 0.2) is 38.4 Å². The summed E-state index contributed by atoms with van der Waals surface area (Å²) >= 11 is 5.96. The van der Waals surface area contributed by atoms with Crippen LogP contribution in [-0.2, 0) is 32.1 Å². The molecular formula is C23H24ClF3N6O3. The zero-order valence-electron chi connectivity index (χ0n) is 19.4. The maximum absolute atomic E-state index is 13.0. The summed E-state index contributed by atoms with van der Waals surface area (Å²) in [6.45, 7) is 2.59. The van der Waals surface area contributed by atoms with Crippen LogP contribution in [-0.4, -0.2) is 29.2 Å². The summed E-state index contributed by atoms with van der Waals surface area (Å²) in [5, 5.41) is 3.91. The lowest BCUT2D eigenvalue weighted by Crippen LogP contribution is -2.40. The number of nitrogens with zero attached hydrogens (tertiary/aromatic N) is 5. The van der Waals surface area contributed by atoms with E-state index in [4.69, 9.17) is 16.1 Å². The molecule has 1 N–H and O–H groups in total. The quantitative estimate of drug-likeness (QED) is 0.244. The second-order valence-electron chi connectivity index (χ2n) is 8.40. The number of aromatic amines is 1. The van der Waals surface area contributed by atoms with E-state index in [-0.39, 0.29) is 29.4 Å². The number of rotatable bonds is 10. The summed E-state index contributed by atoms with van der Waals surface area (Å²) in [5.74, 6) is 0.632. The maximum atomic E-state index is 13.0. The van der Waals surface area contributed by atoms with E-state index in [2.05, 4.69) is 27.0 Å². The van der Waals surface area contributed by atoms with Gasteiger partial charge in [0, 0.05) is 25.9 Å². The molecule has 192 valence electrons. The molecule has 36 heavy (non-hydrogen) atoms. The highest BCUT2D eigenvalue weighted by atomic mass is 35.5. The highest BCUT2D eigenvalue weighted by Crippen LogP contribution is 2.29. The molecule has 3 aromatic heterocycles. The van der Waals surface area contributed by atoms with Gasteiger partial charge in [0.25, 0.3) is 5.56 Å². The maximum Gasteiger partial charge on any atom is 0.416 e. The molecule has 4 rings (SSSR count). The number of alkyl halides is 3. The third kappa shape index (κ3) is 5.69. The molecule has 9 nitrogen and oxygen atoms in total. The Morgan fingerprint density at radius 2 is 1.75 bits per heavy atom. The molecule has 0 bridgehead atoms. The largest absolute Gasteiger partial charge is 0.416 e. The van der Waals surface area contributed by atoms with Gasteiger partial charge in [-0.15, -0.1) is 0 Å². The number of benzene rings is 1. The fourth-order valence-corrected chi connectivity index (χ4v) is 4.08.